The molecule has 214 valence electrons. The molecule has 1 atom stereocenters. The van der Waals surface area contributed by atoms with E-state index in [4.69, 9.17) is 4.74 Å². The highest BCUT2D eigenvalue weighted by Gasteiger charge is 2.26. The Morgan fingerprint density at radius 3 is 2.24 bits per heavy atom. The largest absolute Gasteiger partial charge is 0.451 e. The summed E-state index contributed by atoms with van der Waals surface area (Å²) in [5, 5.41) is 0. The Hall–Kier alpha value is -4.51. The zero-order chi connectivity index (χ0) is 29.9. The third kappa shape index (κ3) is 6.80. The van der Waals surface area contributed by atoms with Crippen LogP contribution in [0.25, 0.3) is 5.69 Å². The zero-order valence-corrected chi connectivity index (χ0v) is 23.5. The molecular formula is C30H28F2N2O6S. The number of carbonyl (C=O) groups excluding carboxylic acids is 2. The molecule has 0 saturated carbocycles. The van der Waals surface area contributed by atoms with Gasteiger partial charge >= 0.3 is 12.6 Å². The van der Waals surface area contributed by atoms with Crippen LogP contribution in [0.3, 0.4) is 0 Å². The molecule has 0 fully saturated rings. The number of anilines is 1. The highest BCUT2D eigenvalue weighted by Crippen LogP contribution is 2.25. The zero-order valence-electron chi connectivity index (χ0n) is 22.7. The summed E-state index contributed by atoms with van der Waals surface area (Å²) in [5.41, 5.74) is 3.43. The number of esters is 1. The molecule has 0 spiro atoms. The Bertz CT molecular complexity index is 1700. The fourth-order valence-corrected chi connectivity index (χ4v) is 5.50. The van der Waals surface area contributed by atoms with Crippen LogP contribution >= 0.6 is 0 Å². The summed E-state index contributed by atoms with van der Waals surface area (Å²) in [5.74, 6) is -1.31. The number of nitrogens with one attached hydrogen (secondary N) is 1. The molecule has 4 aromatic rings. The molecule has 0 bridgehead atoms. The fraction of sp³-hybridized carbons (Fsp3) is 0.200. The van der Waals surface area contributed by atoms with Crippen molar-refractivity contribution in [1.82, 2.24) is 4.57 Å². The summed E-state index contributed by atoms with van der Waals surface area (Å²) < 4.78 is 64.8. The van der Waals surface area contributed by atoms with Gasteiger partial charge in [-0.05, 0) is 93.9 Å². The molecule has 8 nitrogen and oxygen atoms in total. The van der Waals surface area contributed by atoms with Crippen LogP contribution in [-0.4, -0.2) is 37.5 Å². The van der Waals surface area contributed by atoms with Crippen LogP contribution in [0.1, 0.15) is 44.6 Å². The molecule has 1 aromatic heterocycles. The highest BCUT2D eigenvalue weighted by molar-refractivity contribution is 7.92. The topological polar surface area (TPSA) is 104 Å². The van der Waals surface area contributed by atoms with E-state index in [9.17, 15) is 26.8 Å². The maximum atomic E-state index is 13.3. The highest BCUT2D eigenvalue weighted by atomic mass is 32.2. The van der Waals surface area contributed by atoms with Crippen LogP contribution < -0.4 is 9.46 Å². The van der Waals surface area contributed by atoms with Gasteiger partial charge < -0.3 is 14.0 Å². The molecule has 4 rings (SSSR count). The number of ketones is 1. The van der Waals surface area contributed by atoms with Gasteiger partial charge in [-0.3, -0.25) is 9.52 Å². The lowest BCUT2D eigenvalue weighted by Crippen LogP contribution is -2.25. The lowest BCUT2D eigenvalue weighted by atomic mass is 10.1. The van der Waals surface area contributed by atoms with Crippen LogP contribution in [0.4, 0.5) is 14.5 Å². The van der Waals surface area contributed by atoms with Crippen molar-refractivity contribution in [1.29, 1.82) is 0 Å². The Morgan fingerprint density at radius 1 is 0.902 bits per heavy atom. The predicted molar refractivity (Wildman–Crippen MR) is 150 cm³/mol. The van der Waals surface area contributed by atoms with E-state index in [0.717, 1.165) is 5.56 Å². The van der Waals surface area contributed by atoms with Gasteiger partial charge in [0, 0.05) is 28.3 Å². The van der Waals surface area contributed by atoms with Gasteiger partial charge in [0.2, 0.25) is 5.78 Å². The third-order valence-electron chi connectivity index (χ3n) is 6.32. The van der Waals surface area contributed by atoms with E-state index in [0.29, 0.717) is 28.3 Å². The molecule has 1 unspecified atom stereocenters. The number of benzene rings is 3. The van der Waals surface area contributed by atoms with Crippen LogP contribution in [0.15, 0.2) is 83.8 Å². The molecule has 0 aliphatic rings. The molecule has 1 N–H and O–H groups in total. The Kier molecular flexibility index (Phi) is 8.57. The van der Waals surface area contributed by atoms with E-state index >= 15 is 0 Å². The summed E-state index contributed by atoms with van der Waals surface area (Å²) in [6.07, 6.45) is -1.18. The standard InChI is InChI=1S/C30H28F2N2O6S/c1-18-7-5-9-23(15-18)33-41(37,38)26-10-6-8-22(17-26)29(36)39-21(4)28(35)27-16-19(2)34(20(27)3)24-11-13-25(14-12-24)40-30(31)32/h5-17,21,30,33H,1-4H3. The summed E-state index contributed by atoms with van der Waals surface area (Å²) in [4.78, 5) is 26.0. The maximum absolute atomic E-state index is 13.3. The molecule has 11 heteroatoms. The quantitative estimate of drug-likeness (QED) is 0.176. The number of sulfonamides is 1. The van der Waals surface area contributed by atoms with Crippen LogP contribution in [0.2, 0.25) is 0 Å². The second-order valence-corrected chi connectivity index (χ2v) is 11.1. The van der Waals surface area contributed by atoms with Gasteiger partial charge in [-0.15, -0.1) is 0 Å². The first-order valence-electron chi connectivity index (χ1n) is 12.5. The van der Waals surface area contributed by atoms with E-state index in [-0.39, 0.29) is 16.2 Å². The first-order chi connectivity index (χ1) is 19.4. The van der Waals surface area contributed by atoms with E-state index in [1.165, 1.54) is 43.3 Å². The van der Waals surface area contributed by atoms with Crippen molar-refractivity contribution in [2.45, 2.75) is 45.3 Å². The lowest BCUT2D eigenvalue weighted by molar-refractivity contribution is -0.0498. The first-order valence-corrected chi connectivity index (χ1v) is 14.0. The smallest absolute Gasteiger partial charge is 0.387 e. The molecule has 41 heavy (non-hydrogen) atoms. The molecule has 0 radical (unpaired) electrons. The summed E-state index contributed by atoms with van der Waals surface area (Å²) in [7, 11) is -3.99. The van der Waals surface area contributed by atoms with Crippen molar-refractivity contribution >= 4 is 27.5 Å². The van der Waals surface area contributed by atoms with Gasteiger partial charge in [-0.2, -0.15) is 8.78 Å². The number of alkyl halides is 2. The van der Waals surface area contributed by atoms with Crippen LogP contribution in [0, 0.1) is 20.8 Å². The molecule has 0 amide bonds. The van der Waals surface area contributed by atoms with Crippen molar-refractivity contribution in [3.63, 3.8) is 0 Å². The SMILES string of the molecule is Cc1cccc(NS(=O)(=O)c2cccc(C(=O)OC(C)C(=O)c3cc(C)n(-c4ccc(OC(F)F)cc4)c3C)c2)c1. The minimum absolute atomic E-state index is 0.00543. The van der Waals surface area contributed by atoms with Crippen molar-refractivity contribution < 1.29 is 36.3 Å². The normalized spacial score (nSPS) is 12.2. The number of aryl methyl sites for hydroxylation is 2. The van der Waals surface area contributed by atoms with E-state index < -0.39 is 34.5 Å². The monoisotopic (exact) mass is 582 g/mol. The van der Waals surface area contributed by atoms with Gasteiger partial charge in [-0.1, -0.05) is 18.2 Å². The first kappa shape index (κ1) is 29.5. The predicted octanol–water partition coefficient (Wildman–Crippen LogP) is 6.23. The average Bonchev–Trinajstić information content (AvgIpc) is 3.21. The minimum Gasteiger partial charge on any atom is -0.451 e. The number of aromatic nitrogens is 1. The van der Waals surface area contributed by atoms with Crippen molar-refractivity contribution in [3.8, 4) is 11.4 Å². The van der Waals surface area contributed by atoms with Gasteiger partial charge in [0.25, 0.3) is 10.0 Å². The van der Waals surface area contributed by atoms with Gasteiger partial charge in [0.15, 0.2) is 6.10 Å². The van der Waals surface area contributed by atoms with Gasteiger partial charge in [0.05, 0.1) is 10.5 Å². The van der Waals surface area contributed by atoms with E-state index in [1.54, 1.807) is 54.8 Å². The molecule has 0 aliphatic carbocycles. The summed E-state index contributed by atoms with van der Waals surface area (Å²) >= 11 is 0. The number of hydrogen-bond donors (Lipinski definition) is 1. The maximum Gasteiger partial charge on any atom is 0.387 e. The van der Waals surface area contributed by atoms with Crippen molar-refractivity contribution in [2.75, 3.05) is 4.72 Å². The van der Waals surface area contributed by atoms with Crippen molar-refractivity contribution in [3.05, 3.63) is 107 Å². The Morgan fingerprint density at radius 2 is 1.59 bits per heavy atom. The molecule has 3 aromatic carbocycles. The second kappa shape index (κ2) is 11.9. The molecular weight excluding hydrogens is 554 g/mol. The van der Waals surface area contributed by atoms with Crippen LogP contribution in [0.5, 0.6) is 5.75 Å². The second-order valence-electron chi connectivity index (χ2n) is 9.41. The number of halogens is 2. The Labute approximate surface area is 236 Å². The number of Topliss-reactive ketones (excluding diaryl/α,β-unsaturated/α-hetero) is 1. The van der Waals surface area contributed by atoms with E-state index in [2.05, 4.69) is 9.46 Å². The fourth-order valence-electron chi connectivity index (χ4n) is 4.40. The average molecular weight is 583 g/mol. The number of carbonyl (C=O) groups is 2. The number of rotatable bonds is 10. The molecule has 0 aliphatic heterocycles. The molecule has 0 saturated heterocycles. The van der Waals surface area contributed by atoms with Crippen LogP contribution in [-0.2, 0) is 14.8 Å². The van der Waals surface area contributed by atoms with Gasteiger partial charge in [-0.25, -0.2) is 13.2 Å². The Balaban J connectivity index is 1.49. The number of hydrogen-bond acceptors (Lipinski definition) is 6. The third-order valence-corrected chi connectivity index (χ3v) is 7.70. The minimum atomic E-state index is -3.99. The van der Waals surface area contributed by atoms with Crippen molar-refractivity contribution in [2.24, 2.45) is 0 Å². The lowest BCUT2D eigenvalue weighted by Gasteiger charge is -2.14. The molecule has 1 heterocycles. The summed E-state index contributed by atoms with van der Waals surface area (Å²) in [6.45, 7) is 3.82. The van der Waals surface area contributed by atoms with Gasteiger partial charge in [0.1, 0.15) is 5.75 Å². The number of ether oxygens (including phenoxy) is 2. The number of nitrogens with zero attached hydrogens (tertiary/aromatic N) is 1. The van der Waals surface area contributed by atoms with E-state index in [1.807, 2.05) is 13.0 Å². The summed E-state index contributed by atoms with van der Waals surface area (Å²) in [6, 6.07) is 19.8.